The number of carbonyl (C=O) groups is 2. The average Bonchev–Trinajstić information content (AvgIpc) is 2.20. The van der Waals surface area contributed by atoms with Crippen LogP contribution in [0.15, 0.2) is 0 Å². The Balaban J connectivity index is 2.70. The monoisotopic (exact) mass is 241 g/mol. The van der Waals surface area contributed by atoms with Crippen LogP contribution in [0.25, 0.3) is 0 Å². The van der Waals surface area contributed by atoms with Gasteiger partial charge in [-0.2, -0.15) is 0 Å². The molecule has 1 aliphatic heterocycles. The van der Waals surface area contributed by atoms with Gasteiger partial charge in [-0.15, -0.1) is 0 Å². The quantitative estimate of drug-likeness (QED) is 0.655. The third-order valence-electron chi connectivity index (χ3n) is 2.61. The summed E-state index contributed by atoms with van der Waals surface area (Å²) >= 11 is 0. The second kappa shape index (κ2) is 4.67. The molecule has 0 bridgehead atoms. The average molecular weight is 241 g/mol. The third kappa shape index (κ3) is 4.75. The van der Waals surface area contributed by atoms with Crippen LogP contribution in [0.2, 0.25) is 0 Å². The molecule has 1 aliphatic rings. The second-order valence-electron chi connectivity index (χ2n) is 6.53. The Labute approximate surface area is 103 Å². The van der Waals surface area contributed by atoms with Gasteiger partial charge in [-0.05, 0) is 26.2 Å². The highest BCUT2D eigenvalue weighted by Gasteiger charge is 2.32. The molecule has 0 N–H and O–H groups in total. The summed E-state index contributed by atoms with van der Waals surface area (Å²) in [4.78, 5) is 25.2. The number of hydrogen-bond donors (Lipinski definition) is 0. The van der Waals surface area contributed by atoms with E-state index in [1.54, 1.807) is 4.90 Å². The van der Waals surface area contributed by atoms with Gasteiger partial charge in [0.05, 0.1) is 0 Å². The highest BCUT2D eigenvalue weighted by molar-refractivity contribution is 5.80. The number of ether oxygens (including phenoxy) is 1. The van der Waals surface area contributed by atoms with Crippen LogP contribution in [-0.4, -0.2) is 35.5 Å². The summed E-state index contributed by atoms with van der Waals surface area (Å²) in [6.45, 7) is 10.6. The number of carbonyl (C=O) groups excluding carboxylic acids is 2. The zero-order valence-electron chi connectivity index (χ0n) is 11.5. The summed E-state index contributed by atoms with van der Waals surface area (Å²) in [5, 5.41) is 0. The second-order valence-corrected chi connectivity index (χ2v) is 6.53. The van der Waals surface area contributed by atoms with Gasteiger partial charge in [0.25, 0.3) is 0 Å². The number of nitrogens with zero attached hydrogens (tertiary/aromatic N) is 1. The Morgan fingerprint density at radius 2 is 1.94 bits per heavy atom. The summed E-state index contributed by atoms with van der Waals surface area (Å²) in [5.74, 6) is 0.223. The Hall–Kier alpha value is -1.06. The van der Waals surface area contributed by atoms with Gasteiger partial charge in [-0.3, -0.25) is 4.79 Å². The fourth-order valence-corrected chi connectivity index (χ4v) is 2.02. The van der Waals surface area contributed by atoms with Crippen LogP contribution in [-0.2, 0) is 9.53 Å². The van der Waals surface area contributed by atoms with Gasteiger partial charge in [0.2, 0.25) is 0 Å². The molecule has 0 radical (unpaired) electrons. The van der Waals surface area contributed by atoms with Crippen molar-refractivity contribution in [1.29, 1.82) is 0 Å². The first-order valence-corrected chi connectivity index (χ1v) is 6.09. The topological polar surface area (TPSA) is 46.6 Å². The fraction of sp³-hybridized carbons (Fsp3) is 0.846. The molecule has 0 aromatic heterocycles. The van der Waals surface area contributed by atoms with Crippen LogP contribution in [0.1, 0.15) is 47.5 Å². The smallest absolute Gasteiger partial charge is 0.410 e. The van der Waals surface area contributed by atoms with Gasteiger partial charge in [0, 0.05) is 25.9 Å². The Bertz CT molecular complexity index is 315. The van der Waals surface area contributed by atoms with Crippen molar-refractivity contribution in [3.63, 3.8) is 0 Å². The van der Waals surface area contributed by atoms with Crippen molar-refractivity contribution in [2.75, 3.05) is 13.1 Å². The molecule has 4 nitrogen and oxygen atoms in total. The maximum atomic E-state index is 12.0. The molecule has 0 unspecified atom stereocenters. The first-order valence-electron chi connectivity index (χ1n) is 6.09. The number of rotatable bonds is 0. The highest BCUT2D eigenvalue weighted by Crippen LogP contribution is 2.27. The standard InChI is InChI=1S/C13H23NO3/c1-12(2,3)17-11(16)14-7-6-10(15)8-13(4,5)9-14/h6-9H2,1-5H3. The predicted molar refractivity (Wildman–Crippen MR) is 65.8 cm³/mol. The van der Waals surface area contributed by atoms with Crippen molar-refractivity contribution in [2.45, 2.75) is 53.1 Å². The molecular formula is C13H23NO3. The molecular weight excluding hydrogens is 218 g/mol. The largest absolute Gasteiger partial charge is 0.444 e. The lowest BCUT2D eigenvalue weighted by Gasteiger charge is -2.31. The molecule has 0 saturated carbocycles. The molecule has 17 heavy (non-hydrogen) atoms. The minimum atomic E-state index is -0.489. The summed E-state index contributed by atoms with van der Waals surface area (Å²) < 4.78 is 5.34. The van der Waals surface area contributed by atoms with E-state index in [1.165, 1.54) is 0 Å². The van der Waals surface area contributed by atoms with Gasteiger partial charge in [-0.1, -0.05) is 13.8 Å². The number of Topliss-reactive ketones (excluding diaryl/α,β-unsaturated/α-hetero) is 1. The first-order chi connectivity index (χ1) is 7.59. The van der Waals surface area contributed by atoms with Crippen LogP contribution in [0.5, 0.6) is 0 Å². The Morgan fingerprint density at radius 1 is 1.35 bits per heavy atom. The van der Waals surface area contributed by atoms with Gasteiger partial charge in [0.1, 0.15) is 11.4 Å². The molecule has 1 saturated heterocycles. The molecule has 1 amide bonds. The number of ketones is 1. The van der Waals surface area contributed by atoms with E-state index in [0.717, 1.165) is 0 Å². The van der Waals surface area contributed by atoms with E-state index in [9.17, 15) is 9.59 Å². The van der Waals surface area contributed by atoms with E-state index in [1.807, 2.05) is 34.6 Å². The van der Waals surface area contributed by atoms with Crippen LogP contribution < -0.4 is 0 Å². The van der Waals surface area contributed by atoms with Crippen molar-refractivity contribution in [3.05, 3.63) is 0 Å². The van der Waals surface area contributed by atoms with E-state index in [0.29, 0.717) is 25.9 Å². The zero-order valence-corrected chi connectivity index (χ0v) is 11.5. The summed E-state index contributed by atoms with van der Waals surface area (Å²) in [7, 11) is 0. The normalized spacial score (nSPS) is 21.0. The fourth-order valence-electron chi connectivity index (χ4n) is 2.02. The minimum Gasteiger partial charge on any atom is -0.444 e. The highest BCUT2D eigenvalue weighted by atomic mass is 16.6. The molecule has 0 spiro atoms. The zero-order chi connectivity index (χ0) is 13.3. The molecule has 1 rings (SSSR count). The van der Waals surface area contributed by atoms with Gasteiger partial charge in [0.15, 0.2) is 0 Å². The lowest BCUT2D eigenvalue weighted by Crippen LogP contribution is -2.41. The lowest BCUT2D eigenvalue weighted by molar-refractivity contribution is -0.120. The van der Waals surface area contributed by atoms with E-state index in [-0.39, 0.29) is 17.3 Å². The Kier molecular flexibility index (Phi) is 3.84. The summed E-state index contributed by atoms with van der Waals surface area (Å²) in [5.41, 5.74) is -0.651. The van der Waals surface area contributed by atoms with Crippen LogP contribution in [0.4, 0.5) is 4.79 Å². The molecule has 1 heterocycles. The number of likely N-dealkylation sites (tertiary alicyclic amines) is 1. The van der Waals surface area contributed by atoms with Crippen molar-refractivity contribution in [2.24, 2.45) is 5.41 Å². The Morgan fingerprint density at radius 3 is 2.47 bits per heavy atom. The first kappa shape index (κ1) is 14.0. The third-order valence-corrected chi connectivity index (χ3v) is 2.61. The van der Waals surface area contributed by atoms with Crippen molar-refractivity contribution >= 4 is 11.9 Å². The maximum absolute atomic E-state index is 12.0. The molecule has 4 heteroatoms. The van der Waals surface area contributed by atoms with E-state index >= 15 is 0 Å². The molecule has 0 aromatic carbocycles. The van der Waals surface area contributed by atoms with E-state index < -0.39 is 5.60 Å². The molecule has 0 atom stereocenters. The van der Waals surface area contributed by atoms with Crippen LogP contribution in [0.3, 0.4) is 0 Å². The molecule has 98 valence electrons. The minimum absolute atomic E-state index is 0.162. The van der Waals surface area contributed by atoms with E-state index in [4.69, 9.17) is 4.74 Å². The molecule has 0 aromatic rings. The van der Waals surface area contributed by atoms with E-state index in [2.05, 4.69) is 0 Å². The summed E-state index contributed by atoms with van der Waals surface area (Å²) in [6.07, 6.45) is 0.648. The van der Waals surface area contributed by atoms with Crippen LogP contribution in [0, 0.1) is 5.41 Å². The summed E-state index contributed by atoms with van der Waals surface area (Å²) in [6, 6.07) is 0. The SMILES string of the molecule is CC1(C)CC(=O)CCN(C(=O)OC(C)(C)C)C1. The van der Waals surface area contributed by atoms with Crippen molar-refractivity contribution < 1.29 is 14.3 Å². The molecule has 1 fully saturated rings. The van der Waals surface area contributed by atoms with Crippen molar-refractivity contribution in [3.8, 4) is 0 Å². The molecule has 0 aliphatic carbocycles. The maximum Gasteiger partial charge on any atom is 0.410 e. The number of hydrogen-bond acceptors (Lipinski definition) is 3. The van der Waals surface area contributed by atoms with Gasteiger partial charge >= 0.3 is 6.09 Å². The van der Waals surface area contributed by atoms with Gasteiger partial charge < -0.3 is 9.64 Å². The van der Waals surface area contributed by atoms with Gasteiger partial charge in [-0.25, -0.2) is 4.79 Å². The lowest BCUT2D eigenvalue weighted by atomic mass is 9.87. The predicted octanol–water partition coefficient (Wildman–Crippen LogP) is 2.61. The van der Waals surface area contributed by atoms with Crippen molar-refractivity contribution in [1.82, 2.24) is 4.90 Å². The van der Waals surface area contributed by atoms with Crippen LogP contribution >= 0.6 is 0 Å². The number of amides is 1.